The van der Waals surface area contributed by atoms with Gasteiger partial charge in [-0.3, -0.25) is 9.59 Å². The van der Waals surface area contributed by atoms with E-state index in [2.05, 4.69) is 12.1 Å². The van der Waals surface area contributed by atoms with E-state index in [1.54, 1.807) is 16.7 Å². The molecule has 0 bridgehead atoms. The van der Waals surface area contributed by atoms with Crippen LogP contribution in [0.4, 0.5) is 0 Å². The summed E-state index contributed by atoms with van der Waals surface area (Å²) in [6, 6.07) is 10.2. The van der Waals surface area contributed by atoms with Gasteiger partial charge >= 0.3 is 5.97 Å². The molecular weight excluding hydrogens is 286 g/mol. The van der Waals surface area contributed by atoms with Crippen molar-refractivity contribution in [2.75, 3.05) is 24.6 Å². The van der Waals surface area contributed by atoms with Gasteiger partial charge in [-0.15, -0.1) is 0 Å². The van der Waals surface area contributed by atoms with E-state index in [0.717, 1.165) is 12.2 Å². The Labute approximate surface area is 129 Å². The molecule has 1 amide bonds. The number of likely N-dealkylation sites (tertiary alicyclic amines) is 1. The molecule has 114 valence electrons. The molecule has 0 saturated carbocycles. The topological polar surface area (TPSA) is 57.6 Å². The first kappa shape index (κ1) is 15.9. The molecule has 1 fully saturated rings. The molecule has 0 aromatic heterocycles. The fourth-order valence-corrected chi connectivity index (χ4v) is 3.34. The van der Waals surface area contributed by atoms with Crippen molar-refractivity contribution < 1.29 is 14.7 Å². The van der Waals surface area contributed by atoms with E-state index >= 15 is 0 Å². The molecule has 1 aromatic carbocycles. The van der Waals surface area contributed by atoms with Crippen molar-refractivity contribution in [2.45, 2.75) is 19.3 Å². The zero-order valence-corrected chi connectivity index (χ0v) is 12.8. The number of hydrogen-bond acceptors (Lipinski definition) is 3. The average molecular weight is 307 g/mol. The van der Waals surface area contributed by atoms with Crippen LogP contribution in [0.3, 0.4) is 0 Å². The van der Waals surface area contributed by atoms with Gasteiger partial charge in [-0.25, -0.2) is 0 Å². The van der Waals surface area contributed by atoms with Crippen LogP contribution in [0.1, 0.15) is 18.4 Å². The van der Waals surface area contributed by atoms with Crippen LogP contribution in [0.2, 0.25) is 0 Å². The van der Waals surface area contributed by atoms with Crippen molar-refractivity contribution in [3.8, 4) is 0 Å². The minimum atomic E-state index is -0.737. The smallest absolute Gasteiger partial charge is 0.306 e. The first-order valence-electron chi connectivity index (χ1n) is 7.29. The van der Waals surface area contributed by atoms with Crippen LogP contribution in [0.25, 0.3) is 0 Å². The van der Waals surface area contributed by atoms with Crippen LogP contribution in [0.5, 0.6) is 0 Å². The molecule has 4 nitrogen and oxygen atoms in total. The Bertz CT molecular complexity index is 470. The molecule has 1 aromatic rings. The molecule has 0 aliphatic carbocycles. The van der Waals surface area contributed by atoms with Crippen molar-refractivity contribution in [1.82, 2.24) is 4.90 Å². The molecule has 1 N–H and O–H groups in total. The van der Waals surface area contributed by atoms with Gasteiger partial charge in [0.2, 0.25) is 5.91 Å². The van der Waals surface area contributed by atoms with Gasteiger partial charge in [0.05, 0.1) is 11.7 Å². The van der Waals surface area contributed by atoms with Gasteiger partial charge < -0.3 is 10.0 Å². The predicted molar refractivity (Wildman–Crippen MR) is 84.4 cm³/mol. The molecule has 2 rings (SSSR count). The van der Waals surface area contributed by atoms with Gasteiger partial charge in [0.15, 0.2) is 0 Å². The number of benzene rings is 1. The zero-order chi connectivity index (χ0) is 15.1. The molecule has 0 atom stereocenters. The average Bonchev–Trinajstić information content (AvgIpc) is 2.52. The molecule has 21 heavy (non-hydrogen) atoms. The van der Waals surface area contributed by atoms with Crippen LogP contribution in [-0.4, -0.2) is 46.5 Å². The van der Waals surface area contributed by atoms with Crippen molar-refractivity contribution in [3.05, 3.63) is 35.9 Å². The van der Waals surface area contributed by atoms with Crippen LogP contribution in [0, 0.1) is 5.92 Å². The lowest BCUT2D eigenvalue weighted by Gasteiger charge is -2.30. The summed E-state index contributed by atoms with van der Waals surface area (Å²) >= 11 is 1.65. The molecule has 5 heteroatoms. The van der Waals surface area contributed by atoms with Crippen LogP contribution >= 0.6 is 11.8 Å². The fourth-order valence-electron chi connectivity index (χ4n) is 2.46. The minimum Gasteiger partial charge on any atom is -0.481 e. The van der Waals surface area contributed by atoms with Crippen molar-refractivity contribution in [3.63, 3.8) is 0 Å². The molecule has 1 saturated heterocycles. The van der Waals surface area contributed by atoms with Crippen LogP contribution in [-0.2, 0) is 16.0 Å². The number of amides is 1. The Morgan fingerprint density at radius 2 is 1.86 bits per heavy atom. The second-order valence-electron chi connectivity index (χ2n) is 5.28. The maximum Gasteiger partial charge on any atom is 0.306 e. The van der Waals surface area contributed by atoms with E-state index in [9.17, 15) is 9.59 Å². The highest BCUT2D eigenvalue weighted by Crippen LogP contribution is 2.18. The van der Waals surface area contributed by atoms with Crippen molar-refractivity contribution in [1.29, 1.82) is 0 Å². The number of piperidine rings is 1. The summed E-state index contributed by atoms with van der Waals surface area (Å²) in [5.41, 5.74) is 1.29. The van der Waals surface area contributed by atoms with Crippen LogP contribution in [0.15, 0.2) is 30.3 Å². The normalized spacial score (nSPS) is 15.9. The zero-order valence-electron chi connectivity index (χ0n) is 12.0. The number of aliphatic carboxylic acids is 1. The summed E-state index contributed by atoms with van der Waals surface area (Å²) in [6.45, 7) is 1.16. The van der Waals surface area contributed by atoms with Gasteiger partial charge in [0.25, 0.3) is 0 Å². The summed E-state index contributed by atoms with van der Waals surface area (Å²) in [4.78, 5) is 24.7. The van der Waals surface area contributed by atoms with E-state index in [1.165, 1.54) is 5.56 Å². The first-order valence-corrected chi connectivity index (χ1v) is 8.44. The number of carboxylic acids is 1. The molecule has 1 heterocycles. The third kappa shape index (κ3) is 5.08. The maximum atomic E-state index is 12.0. The summed E-state index contributed by atoms with van der Waals surface area (Å²) in [5, 5.41) is 8.94. The lowest BCUT2D eigenvalue weighted by atomic mass is 9.97. The first-order chi connectivity index (χ1) is 10.2. The predicted octanol–water partition coefficient (Wildman–Crippen LogP) is 2.29. The highest BCUT2D eigenvalue weighted by Gasteiger charge is 2.26. The SMILES string of the molecule is O=C(O)C1CCN(C(=O)CSCCc2ccccc2)CC1. The van der Waals surface area contributed by atoms with Gasteiger partial charge in [-0.05, 0) is 30.6 Å². The van der Waals surface area contributed by atoms with E-state index in [4.69, 9.17) is 5.11 Å². The maximum absolute atomic E-state index is 12.0. The van der Waals surface area contributed by atoms with E-state index in [-0.39, 0.29) is 11.8 Å². The third-order valence-corrected chi connectivity index (χ3v) is 4.74. The second kappa shape index (κ2) is 8.08. The number of thioether (sulfide) groups is 1. The number of rotatable bonds is 6. The van der Waals surface area contributed by atoms with Crippen molar-refractivity contribution in [2.24, 2.45) is 5.92 Å². The summed E-state index contributed by atoms with van der Waals surface area (Å²) in [7, 11) is 0. The summed E-state index contributed by atoms with van der Waals surface area (Å²) in [5.74, 6) is 0.544. The quantitative estimate of drug-likeness (QED) is 0.819. The number of aryl methyl sites for hydroxylation is 1. The number of carbonyl (C=O) groups is 2. The van der Waals surface area contributed by atoms with E-state index < -0.39 is 5.97 Å². The number of nitrogens with zero attached hydrogens (tertiary/aromatic N) is 1. The molecular formula is C16H21NO3S. The number of carbonyl (C=O) groups excluding carboxylic acids is 1. The van der Waals surface area contributed by atoms with E-state index in [1.807, 2.05) is 18.2 Å². The summed E-state index contributed by atoms with van der Waals surface area (Å²) < 4.78 is 0. The highest BCUT2D eigenvalue weighted by atomic mass is 32.2. The standard InChI is InChI=1S/C16H21NO3S/c18-15(17-9-6-14(7-10-17)16(19)20)12-21-11-8-13-4-2-1-3-5-13/h1-5,14H,6-12H2,(H,19,20). The van der Waals surface area contributed by atoms with Crippen molar-refractivity contribution >= 4 is 23.6 Å². The van der Waals surface area contributed by atoms with Crippen LogP contribution < -0.4 is 0 Å². The lowest BCUT2D eigenvalue weighted by molar-refractivity contribution is -0.145. The molecule has 0 unspecified atom stereocenters. The number of carboxylic acid groups (broad SMARTS) is 1. The second-order valence-corrected chi connectivity index (χ2v) is 6.39. The minimum absolute atomic E-state index is 0.136. The Kier molecular flexibility index (Phi) is 6.11. The lowest BCUT2D eigenvalue weighted by Crippen LogP contribution is -2.41. The Morgan fingerprint density at radius 3 is 2.48 bits per heavy atom. The van der Waals surface area contributed by atoms with Gasteiger partial charge in [-0.1, -0.05) is 30.3 Å². The Hall–Kier alpha value is -1.49. The highest BCUT2D eigenvalue weighted by molar-refractivity contribution is 7.99. The largest absolute Gasteiger partial charge is 0.481 e. The molecule has 1 aliphatic rings. The molecule has 0 radical (unpaired) electrons. The Morgan fingerprint density at radius 1 is 1.19 bits per heavy atom. The third-order valence-electron chi connectivity index (χ3n) is 3.80. The van der Waals surface area contributed by atoms with E-state index in [0.29, 0.717) is 31.7 Å². The monoisotopic (exact) mass is 307 g/mol. The van der Waals surface area contributed by atoms with Gasteiger partial charge in [-0.2, -0.15) is 11.8 Å². The Balaban J connectivity index is 1.63. The molecule has 0 spiro atoms. The van der Waals surface area contributed by atoms with Gasteiger partial charge in [0.1, 0.15) is 0 Å². The summed E-state index contributed by atoms with van der Waals surface area (Å²) in [6.07, 6.45) is 2.13. The fraction of sp³-hybridized carbons (Fsp3) is 0.500. The molecule has 1 aliphatic heterocycles. The van der Waals surface area contributed by atoms with Gasteiger partial charge in [0, 0.05) is 13.1 Å². The number of hydrogen-bond donors (Lipinski definition) is 1.